The van der Waals surface area contributed by atoms with Crippen LogP contribution in [0.25, 0.3) is 5.69 Å². The molecule has 1 aliphatic heterocycles. The highest BCUT2D eigenvalue weighted by atomic mass is 35.5. The van der Waals surface area contributed by atoms with Crippen LogP contribution in [0.3, 0.4) is 0 Å². The number of aryl methyl sites for hydroxylation is 1. The second-order valence-electron chi connectivity index (χ2n) is 8.44. The molecule has 0 aliphatic carbocycles. The van der Waals surface area contributed by atoms with Gasteiger partial charge >= 0.3 is 6.03 Å². The fourth-order valence-corrected chi connectivity index (χ4v) is 4.26. The van der Waals surface area contributed by atoms with Crippen molar-refractivity contribution in [1.82, 2.24) is 9.47 Å². The molecule has 1 fully saturated rings. The predicted molar refractivity (Wildman–Crippen MR) is 130 cm³/mol. The number of anilines is 2. The zero-order valence-electron chi connectivity index (χ0n) is 18.7. The number of nitrogens with one attached hydrogen (secondary N) is 2. The van der Waals surface area contributed by atoms with Crippen LogP contribution >= 0.6 is 11.6 Å². The van der Waals surface area contributed by atoms with Crippen molar-refractivity contribution in [2.45, 2.75) is 26.3 Å². The molecule has 0 radical (unpaired) electrons. The van der Waals surface area contributed by atoms with Crippen LogP contribution in [-0.2, 0) is 4.79 Å². The summed E-state index contributed by atoms with van der Waals surface area (Å²) in [6, 6.07) is 14.5. The highest BCUT2D eigenvalue weighted by molar-refractivity contribution is 6.30. The minimum Gasteiger partial charge on any atom is -0.322 e. The Kier molecular flexibility index (Phi) is 6.70. The Hall–Kier alpha value is -3.65. The van der Waals surface area contributed by atoms with Crippen molar-refractivity contribution in [3.05, 3.63) is 87.6 Å². The first kappa shape index (κ1) is 23.5. The van der Waals surface area contributed by atoms with E-state index < -0.39 is 23.8 Å². The van der Waals surface area contributed by atoms with E-state index in [9.17, 15) is 18.8 Å². The van der Waals surface area contributed by atoms with Gasteiger partial charge in [0.25, 0.3) is 5.56 Å². The molecule has 2 N–H and O–H groups in total. The average molecular weight is 483 g/mol. The number of pyridine rings is 1. The lowest BCUT2D eigenvalue weighted by atomic mass is 10.1. The molecule has 2 atom stereocenters. The van der Waals surface area contributed by atoms with E-state index in [0.717, 1.165) is 0 Å². The average Bonchev–Trinajstić information content (AvgIpc) is 3.19. The van der Waals surface area contributed by atoms with Crippen LogP contribution in [0, 0.1) is 18.7 Å². The molecule has 3 aromatic rings. The Bertz CT molecular complexity index is 1290. The van der Waals surface area contributed by atoms with E-state index in [0.29, 0.717) is 35.1 Å². The Morgan fingerprint density at radius 2 is 1.79 bits per heavy atom. The quantitative estimate of drug-likeness (QED) is 0.559. The molecule has 2 aromatic carbocycles. The molecule has 4 rings (SSSR count). The summed E-state index contributed by atoms with van der Waals surface area (Å²) in [5, 5.41) is 5.91. The van der Waals surface area contributed by atoms with Gasteiger partial charge in [-0.05, 0) is 61.7 Å². The second kappa shape index (κ2) is 9.69. The monoisotopic (exact) mass is 482 g/mol. The van der Waals surface area contributed by atoms with Crippen LogP contribution in [0.5, 0.6) is 0 Å². The van der Waals surface area contributed by atoms with E-state index in [1.165, 1.54) is 27.7 Å². The first-order valence-electron chi connectivity index (χ1n) is 10.9. The second-order valence-corrected chi connectivity index (χ2v) is 8.88. The van der Waals surface area contributed by atoms with Gasteiger partial charge in [-0.2, -0.15) is 0 Å². The Balaban J connectivity index is 1.50. The number of carbonyl (C=O) groups is 2. The van der Waals surface area contributed by atoms with Crippen LogP contribution in [0.4, 0.5) is 20.6 Å². The maximum Gasteiger partial charge on any atom is 0.322 e. The largest absolute Gasteiger partial charge is 0.322 e. The van der Waals surface area contributed by atoms with Crippen LogP contribution in [0.15, 0.2) is 65.5 Å². The van der Waals surface area contributed by atoms with Crippen LogP contribution in [0.2, 0.25) is 5.02 Å². The van der Waals surface area contributed by atoms with Crippen molar-refractivity contribution in [1.29, 1.82) is 0 Å². The minimum atomic E-state index is -0.750. The summed E-state index contributed by atoms with van der Waals surface area (Å²) in [7, 11) is 0. The van der Waals surface area contributed by atoms with Crippen molar-refractivity contribution in [2.24, 2.45) is 5.92 Å². The standard InChI is InChI=1S/C25H24ClFN4O3/c1-15-12-22(30(14-15)25(34)28-18-8-6-17(26)7-9-18)24(33)29-21-11-10-19(13-20(21)27)31-16(2)4-3-5-23(31)32/h3-11,13,15,22H,12,14H2,1-2H3,(H,28,34)(H,29,33). The maximum absolute atomic E-state index is 14.9. The molecule has 1 aromatic heterocycles. The molecule has 1 aliphatic rings. The molecule has 7 nitrogen and oxygen atoms in total. The third-order valence-corrected chi connectivity index (χ3v) is 6.04. The topological polar surface area (TPSA) is 83.4 Å². The number of hydrogen-bond acceptors (Lipinski definition) is 3. The van der Waals surface area contributed by atoms with E-state index in [4.69, 9.17) is 11.6 Å². The lowest BCUT2D eigenvalue weighted by Crippen LogP contribution is -2.45. The fraction of sp³-hybridized carbons (Fsp3) is 0.240. The molecule has 2 unspecified atom stereocenters. The van der Waals surface area contributed by atoms with Gasteiger partial charge in [0.05, 0.1) is 11.4 Å². The van der Waals surface area contributed by atoms with E-state index in [2.05, 4.69) is 10.6 Å². The van der Waals surface area contributed by atoms with Gasteiger partial charge in [-0.25, -0.2) is 9.18 Å². The number of amides is 3. The van der Waals surface area contributed by atoms with E-state index >= 15 is 0 Å². The molecule has 0 saturated carbocycles. The van der Waals surface area contributed by atoms with Crippen molar-refractivity contribution in [3.63, 3.8) is 0 Å². The number of carbonyl (C=O) groups excluding carboxylic acids is 2. The van der Waals surface area contributed by atoms with Gasteiger partial charge in [-0.1, -0.05) is 24.6 Å². The van der Waals surface area contributed by atoms with Crippen molar-refractivity contribution >= 4 is 34.9 Å². The van der Waals surface area contributed by atoms with Crippen molar-refractivity contribution in [2.75, 3.05) is 17.2 Å². The molecular weight excluding hydrogens is 459 g/mol. The minimum absolute atomic E-state index is 0.0204. The van der Waals surface area contributed by atoms with E-state index in [1.807, 2.05) is 6.92 Å². The van der Waals surface area contributed by atoms with Gasteiger partial charge in [0.15, 0.2) is 0 Å². The highest BCUT2D eigenvalue weighted by Crippen LogP contribution is 2.26. The van der Waals surface area contributed by atoms with Crippen molar-refractivity contribution < 1.29 is 14.0 Å². The summed E-state index contributed by atoms with van der Waals surface area (Å²) < 4.78 is 16.3. The first-order valence-corrected chi connectivity index (χ1v) is 11.2. The fourth-order valence-electron chi connectivity index (χ4n) is 4.13. The smallest absolute Gasteiger partial charge is 0.322 e. The Labute approximate surface area is 201 Å². The lowest BCUT2D eigenvalue weighted by molar-refractivity contribution is -0.119. The third kappa shape index (κ3) is 4.97. The molecule has 2 heterocycles. The Morgan fingerprint density at radius 3 is 2.47 bits per heavy atom. The molecule has 3 amide bonds. The normalized spacial score (nSPS) is 17.5. The highest BCUT2D eigenvalue weighted by Gasteiger charge is 2.38. The number of nitrogens with zero attached hydrogens (tertiary/aromatic N) is 2. The number of hydrogen-bond donors (Lipinski definition) is 2. The summed E-state index contributed by atoms with van der Waals surface area (Å²) in [4.78, 5) is 39.5. The number of aromatic nitrogens is 1. The number of rotatable bonds is 4. The molecule has 176 valence electrons. The number of urea groups is 1. The summed E-state index contributed by atoms with van der Waals surface area (Å²) in [5.41, 5.74) is 1.27. The van der Waals surface area contributed by atoms with Gasteiger partial charge in [0.2, 0.25) is 5.91 Å². The summed E-state index contributed by atoms with van der Waals surface area (Å²) in [6.45, 7) is 4.10. The van der Waals surface area contributed by atoms with Crippen molar-refractivity contribution in [3.8, 4) is 5.69 Å². The van der Waals surface area contributed by atoms with E-state index in [-0.39, 0.29) is 17.2 Å². The first-order chi connectivity index (χ1) is 16.2. The lowest BCUT2D eigenvalue weighted by Gasteiger charge is -2.24. The van der Waals surface area contributed by atoms with E-state index in [1.54, 1.807) is 49.4 Å². The Morgan fingerprint density at radius 1 is 1.06 bits per heavy atom. The van der Waals surface area contributed by atoms with Crippen LogP contribution < -0.4 is 16.2 Å². The molecule has 34 heavy (non-hydrogen) atoms. The zero-order valence-corrected chi connectivity index (χ0v) is 19.5. The summed E-state index contributed by atoms with van der Waals surface area (Å²) in [5.74, 6) is -1.05. The van der Waals surface area contributed by atoms with Gasteiger partial charge < -0.3 is 15.5 Å². The molecular formula is C25H24ClFN4O3. The molecule has 0 bridgehead atoms. The SMILES string of the molecule is Cc1cccc(=O)n1-c1ccc(NC(=O)C2CC(C)CN2C(=O)Nc2ccc(Cl)cc2)c(F)c1. The molecule has 0 spiro atoms. The van der Waals surface area contributed by atoms with Gasteiger partial charge in [0, 0.05) is 35.1 Å². The maximum atomic E-state index is 14.9. The predicted octanol–water partition coefficient (Wildman–Crippen LogP) is 4.82. The van der Waals surface area contributed by atoms with Crippen LogP contribution in [0.1, 0.15) is 19.0 Å². The van der Waals surface area contributed by atoms with Gasteiger partial charge in [-0.15, -0.1) is 0 Å². The molecule has 9 heteroatoms. The summed E-state index contributed by atoms with van der Waals surface area (Å²) >= 11 is 5.89. The molecule has 1 saturated heterocycles. The summed E-state index contributed by atoms with van der Waals surface area (Å²) in [6.07, 6.45) is 0.457. The van der Waals surface area contributed by atoms with Crippen LogP contribution in [-0.4, -0.2) is 34.0 Å². The number of benzene rings is 2. The zero-order chi connectivity index (χ0) is 24.4. The number of likely N-dealkylation sites (tertiary alicyclic amines) is 1. The van der Waals surface area contributed by atoms with Gasteiger partial charge in [0.1, 0.15) is 11.9 Å². The number of halogens is 2. The third-order valence-electron chi connectivity index (χ3n) is 5.79. The van der Waals surface area contributed by atoms with Gasteiger partial charge in [-0.3, -0.25) is 14.2 Å².